The average Bonchev–Trinajstić information content (AvgIpc) is 3.53. The third-order valence-electron chi connectivity index (χ3n) is 8.63. The highest BCUT2D eigenvalue weighted by Gasteiger charge is 2.41. The van der Waals surface area contributed by atoms with Gasteiger partial charge in [-0.25, -0.2) is 15.0 Å². The number of aliphatic hydroxyl groups is 3. The van der Waals surface area contributed by atoms with Gasteiger partial charge < -0.3 is 30.9 Å². The lowest BCUT2D eigenvalue weighted by molar-refractivity contribution is 0.00446. The lowest BCUT2D eigenvalue weighted by Gasteiger charge is -2.38. The average molecular weight is 591 g/mol. The summed E-state index contributed by atoms with van der Waals surface area (Å²) in [4.78, 5) is 25.9. The Hall–Kier alpha value is -3.45. The molecule has 5 heterocycles. The number of thiazole rings is 1. The van der Waals surface area contributed by atoms with Gasteiger partial charge in [0.25, 0.3) is 0 Å². The second-order valence-electron chi connectivity index (χ2n) is 11.5. The van der Waals surface area contributed by atoms with Crippen LogP contribution in [0.3, 0.4) is 0 Å². The molecule has 0 amide bonds. The highest BCUT2D eigenvalue weighted by atomic mass is 32.1. The van der Waals surface area contributed by atoms with Crippen LogP contribution in [0.1, 0.15) is 37.6 Å². The van der Waals surface area contributed by atoms with E-state index in [1.807, 2.05) is 38.2 Å². The molecule has 42 heavy (non-hydrogen) atoms. The smallest absolute Gasteiger partial charge is 0.224 e. The summed E-state index contributed by atoms with van der Waals surface area (Å²) in [6.45, 7) is 7.61. The Morgan fingerprint density at radius 1 is 1.00 bits per heavy atom. The first-order valence-electron chi connectivity index (χ1n) is 14.6. The van der Waals surface area contributed by atoms with Crippen molar-refractivity contribution in [2.45, 2.75) is 64.3 Å². The van der Waals surface area contributed by atoms with Crippen molar-refractivity contribution < 1.29 is 15.3 Å². The monoisotopic (exact) mass is 590 g/mol. The second kappa shape index (κ2) is 12.0. The van der Waals surface area contributed by atoms with Gasteiger partial charge in [-0.15, -0.1) is 11.3 Å². The highest BCUT2D eigenvalue weighted by Crippen LogP contribution is 2.38. The minimum absolute atomic E-state index is 0.194. The van der Waals surface area contributed by atoms with E-state index >= 15 is 0 Å². The van der Waals surface area contributed by atoms with Gasteiger partial charge in [0, 0.05) is 44.0 Å². The zero-order valence-corrected chi connectivity index (χ0v) is 24.9. The number of fused-ring (bicyclic) bond motifs is 1. The molecule has 6 rings (SSSR count). The van der Waals surface area contributed by atoms with E-state index in [1.54, 1.807) is 17.5 Å². The zero-order valence-electron chi connectivity index (χ0n) is 24.1. The first kappa shape index (κ1) is 28.7. The van der Waals surface area contributed by atoms with Crippen molar-refractivity contribution in [1.82, 2.24) is 24.9 Å². The fourth-order valence-electron chi connectivity index (χ4n) is 6.28. The van der Waals surface area contributed by atoms with Gasteiger partial charge in [0.2, 0.25) is 5.95 Å². The molecule has 0 aromatic carbocycles. The van der Waals surface area contributed by atoms with Gasteiger partial charge in [-0.1, -0.05) is 6.07 Å². The van der Waals surface area contributed by atoms with E-state index in [0.29, 0.717) is 30.1 Å². The predicted octanol–water partition coefficient (Wildman–Crippen LogP) is 3.39. The van der Waals surface area contributed by atoms with Crippen molar-refractivity contribution in [2.24, 2.45) is 11.8 Å². The topological polar surface area (TPSA) is 152 Å². The van der Waals surface area contributed by atoms with Crippen molar-refractivity contribution in [3.63, 3.8) is 0 Å². The van der Waals surface area contributed by atoms with Gasteiger partial charge in [0.05, 0.1) is 33.8 Å². The number of pyridine rings is 2. The quantitative estimate of drug-likeness (QED) is 0.205. The number of aryl methyl sites for hydroxylation is 2. The Morgan fingerprint density at radius 2 is 1.86 bits per heavy atom. The summed E-state index contributed by atoms with van der Waals surface area (Å²) >= 11 is 1.54. The standard InChI is InChI=1S/C30H38N8O3S/c1-16-12-19(8-11-38(16)23-6-4-5-9-32-23)14-33-30-34-17(2)24(29-36-25-18(3)31-10-7-22(25)42-29)28(37-30)35-21-13-20(15-39)26(40)27(21)41/h4-7,9-10,16,19-21,26-27,39-41H,8,11-15H2,1-3H3,(H2,33,34,35,37)/t16-,19?,20-,21-,26-,27+/m1/s1. The summed E-state index contributed by atoms with van der Waals surface area (Å²) in [5, 5.41) is 38.5. The van der Waals surface area contributed by atoms with Crippen LogP contribution in [0.4, 0.5) is 17.6 Å². The van der Waals surface area contributed by atoms with E-state index in [-0.39, 0.29) is 6.61 Å². The number of nitrogens with one attached hydrogen (secondary N) is 2. The molecule has 1 aliphatic heterocycles. The number of piperidine rings is 1. The van der Waals surface area contributed by atoms with Crippen molar-refractivity contribution in [3.8, 4) is 10.6 Å². The van der Waals surface area contributed by atoms with E-state index in [4.69, 9.17) is 15.0 Å². The molecule has 1 saturated heterocycles. The van der Waals surface area contributed by atoms with E-state index < -0.39 is 24.2 Å². The molecule has 0 radical (unpaired) electrons. The van der Waals surface area contributed by atoms with Gasteiger partial charge in [-0.2, -0.15) is 4.98 Å². The van der Waals surface area contributed by atoms with Crippen molar-refractivity contribution in [3.05, 3.63) is 48.0 Å². The van der Waals surface area contributed by atoms with E-state index in [1.165, 1.54) is 0 Å². The summed E-state index contributed by atoms with van der Waals surface area (Å²) in [6, 6.07) is 7.87. The molecule has 0 spiro atoms. The summed E-state index contributed by atoms with van der Waals surface area (Å²) in [6.07, 6.45) is 4.05. The summed E-state index contributed by atoms with van der Waals surface area (Å²) in [5.74, 6) is 2.12. The van der Waals surface area contributed by atoms with Crippen LogP contribution < -0.4 is 15.5 Å². The highest BCUT2D eigenvalue weighted by molar-refractivity contribution is 7.21. The number of rotatable bonds is 8. The molecule has 2 aliphatic rings. The second-order valence-corrected chi connectivity index (χ2v) is 12.6. The van der Waals surface area contributed by atoms with Crippen LogP contribution in [0.15, 0.2) is 36.7 Å². The van der Waals surface area contributed by atoms with Crippen LogP contribution in [0.5, 0.6) is 0 Å². The lowest BCUT2D eigenvalue weighted by atomic mass is 9.91. The van der Waals surface area contributed by atoms with Crippen LogP contribution in [0.2, 0.25) is 0 Å². The number of hydrogen-bond donors (Lipinski definition) is 5. The minimum atomic E-state index is -1.03. The molecule has 1 aliphatic carbocycles. The van der Waals surface area contributed by atoms with Crippen molar-refractivity contribution in [2.75, 3.05) is 35.2 Å². The number of aromatic nitrogens is 5. The zero-order chi connectivity index (χ0) is 29.4. The molecule has 5 N–H and O–H groups in total. The van der Waals surface area contributed by atoms with Gasteiger partial charge in [-0.05, 0) is 64.2 Å². The van der Waals surface area contributed by atoms with Gasteiger partial charge in [0.1, 0.15) is 28.3 Å². The van der Waals surface area contributed by atoms with Gasteiger partial charge in [0.15, 0.2) is 0 Å². The van der Waals surface area contributed by atoms with Crippen LogP contribution in [-0.2, 0) is 0 Å². The SMILES string of the molecule is Cc1nc(NCC2CCN(c3ccccn3)[C@H](C)C2)nc(N[C@@H]2C[C@H](CO)[C@@H](O)[C@H]2O)c1-c1nc2c(C)nccc2s1. The number of nitrogens with zero attached hydrogens (tertiary/aromatic N) is 6. The number of hydrogen-bond acceptors (Lipinski definition) is 12. The Morgan fingerprint density at radius 3 is 2.57 bits per heavy atom. The van der Waals surface area contributed by atoms with Crippen LogP contribution in [0, 0.1) is 25.7 Å². The fourth-order valence-corrected chi connectivity index (χ4v) is 7.39. The largest absolute Gasteiger partial charge is 0.396 e. The van der Waals surface area contributed by atoms with Crippen LogP contribution in [0.25, 0.3) is 20.8 Å². The molecule has 4 aromatic rings. The van der Waals surface area contributed by atoms with Crippen LogP contribution in [-0.4, -0.2) is 84.2 Å². The maximum atomic E-state index is 10.8. The predicted molar refractivity (Wildman–Crippen MR) is 165 cm³/mol. The summed E-state index contributed by atoms with van der Waals surface area (Å²) in [7, 11) is 0. The third kappa shape index (κ3) is 5.63. The fraction of sp³-hybridized carbons (Fsp3) is 0.500. The Bertz CT molecular complexity index is 1540. The Labute approximate surface area is 249 Å². The number of aliphatic hydroxyl groups excluding tert-OH is 3. The van der Waals surface area contributed by atoms with Gasteiger partial charge >= 0.3 is 0 Å². The summed E-state index contributed by atoms with van der Waals surface area (Å²) < 4.78 is 1.02. The maximum Gasteiger partial charge on any atom is 0.224 e. The molecule has 4 aromatic heterocycles. The van der Waals surface area contributed by atoms with Crippen molar-refractivity contribution >= 4 is 39.1 Å². The molecule has 2 fully saturated rings. The Balaban J connectivity index is 1.25. The number of anilines is 3. The maximum absolute atomic E-state index is 10.8. The van der Waals surface area contributed by atoms with E-state index in [9.17, 15) is 15.3 Å². The van der Waals surface area contributed by atoms with Gasteiger partial charge in [-0.3, -0.25) is 4.98 Å². The molecule has 0 bridgehead atoms. The first-order valence-corrected chi connectivity index (χ1v) is 15.4. The molecular formula is C30H38N8O3S. The third-order valence-corrected chi connectivity index (χ3v) is 9.67. The first-order chi connectivity index (χ1) is 20.3. The van der Waals surface area contributed by atoms with E-state index in [2.05, 4.69) is 38.5 Å². The molecule has 1 saturated carbocycles. The van der Waals surface area contributed by atoms with E-state index in [0.717, 1.165) is 63.9 Å². The molecule has 222 valence electrons. The molecule has 12 heteroatoms. The Kier molecular flexibility index (Phi) is 8.22. The molecule has 11 nitrogen and oxygen atoms in total. The van der Waals surface area contributed by atoms with Crippen molar-refractivity contribution in [1.29, 1.82) is 0 Å². The lowest BCUT2D eigenvalue weighted by Crippen LogP contribution is -2.42. The molecule has 6 atom stereocenters. The normalized spacial score (nSPS) is 26.1. The summed E-state index contributed by atoms with van der Waals surface area (Å²) in [5.41, 5.74) is 3.20. The molecule has 1 unspecified atom stereocenters. The van der Waals surface area contributed by atoms with Crippen LogP contribution >= 0.6 is 11.3 Å². The minimum Gasteiger partial charge on any atom is -0.396 e. The molecular weight excluding hydrogens is 552 g/mol.